The third-order valence-corrected chi connectivity index (χ3v) is 3.27. The maximum absolute atomic E-state index is 11.9. The van der Waals surface area contributed by atoms with Gasteiger partial charge in [-0.15, -0.1) is 0 Å². The Bertz CT molecular complexity index is 323. The smallest absolute Gasteiger partial charge is 0.237 e. The topological polar surface area (TPSA) is 75.4 Å². The van der Waals surface area contributed by atoms with E-state index in [2.05, 4.69) is 5.32 Å². The second-order valence-corrected chi connectivity index (χ2v) is 6.20. The average Bonchev–Trinajstić information content (AvgIpc) is 2.61. The lowest BCUT2D eigenvalue weighted by Gasteiger charge is -2.28. The Balaban J connectivity index is 2.42. The van der Waals surface area contributed by atoms with Crippen LogP contribution in [0.15, 0.2) is 0 Å². The maximum atomic E-state index is 11.9. The molecule has 1 aliphatic rings. The molecule has 5 nitrogen and oxygen atoms in total. The zero-order chi connectivity index (χ0) is 13.9. The van der Waals surface area contributed by atoms with E-state index in [1.54, 1.807) is 4.90 Å². The zero-order valence-electron chi connectivity index (χ0n) is 11.8. The molecule has 0 saturated carbocycles. The van der Waals surface area contributed by atoms with E-state index >= 15 is 0 Å². The van der Waals surface area contributed by atoms with Crippen molar-refractivity contribution in [2.45, 2.75) is 52.6 Å². The van der Waals surface area contributed by atoms with Crippen LogP contribution < -0.4 is 11.1 Å². The number of hydrogen-bond acceptors (Lipinski definition) is 3. The Labute approximate surface area is 109 Å². The standard InChI is InChI=1S/C13H25N3O2/c1-9(8-16-7-5-6-10(16)17)15-12(18)11(14)13(2,3)4/h9,11H,5-8,14H2,1-4H3,(H,15,18)/t9?,11-/m1/s1. The molecule has 0 aromatic heterocycles. The largest absolute Gasteiger partial charge is 0.351 e. The molecule has 1 saturated heterocycles. The Morgan fingerprint density at radius 3 is 2.56 bits per heavy atom. The van der Waals surface area contributed by atoms with Gasteiger partial charge in [0.05, 0.1) is 6.04 Å². The summed E-state index contributed by atoms with van der Waals surface area (Å²) in [5, 5.41) is 2.88. The lowest BCUT2D eigenvalue weighted by molar-refractivity contribution is -0.129. The summed E-state index contributed by atoms with van der Waals surface area (Å²) >= 11 is 0. The quantitative estimate of drug-likeness (QED) is 0.767. The van der Waals surface area contributed by atoms with Crippen molar-refractivity contribution in [1.82, 2.24) is 10.2 Å². The minimum absolute atomic E-state index is 0.0621. The summed E-state index contributed by atoms with van der Waals surface area (Å²) in [6, 6.07) is -0.595. The predicted octanol–water partition coefficient (Wildman–Crippen LogP) is 0.487. The lowest BCUT2D eigenvalue weighted by atomic mass is 9.87. The van der Waals surface area contributed by atoms with E-state index in [1.165, 1.54) is 0 Å². The van der Waals surface area contributed by atoms with E-state index < -0.39 is 6.04 Å². The SMILES string of the molecule is CC(CN1CCCC1=O)NC(=O)[C@@H](N)C(C)(C)C. The van der Waals surface area contributed by atoms with Gasteiger partial charge in [-0.1, -0.05) is 20.8 Å². The Kier molecular flexibility index (Phi) is 4.73. The van der Waals surface area contributed by atoms with Crippen LogP contribution in [0.1, 0.15) is 40.5 Å². The van der Waals surface area contributed by atoms with E-state index in [4.69, 9.17) is 5.73 Å². The molecular formula is C13H25N3O2. The number of nitrogens with zero attached hydrogens (tertiary/aromatic N) is 1. The van der Waals surface area contributed by atoms with E-state index in [0.717, 1.165) is 13.0 Å². The molecule has 5 heteroatoms. The van der Waals surface area contributed by atoms with E-state index in [0.29, 0.717) is 13.0 Å². The van der Waals surface area contributed by atoms with E-state index in [-0.39, 0.29) is 23.3 Å². The first-order valence-electron chi connectivity index (χ1n) is 6.55. The summed E-state index contributed by atoms with van der Waals surface area (Å²) in [5.74, 6) is 0.0258. The number of carbonyl (C=O) groups is 2. The molecule has 0 radical (unpaired) electrons. The number of rotatable bonds is 4. The van der Waals surface area contributed by atoms with E-state index in [9.17, 15) is 9.59 Å². The van der Waals surface area contributed by atoms with Crippen molar-refractivity contribution in [2.24, 2.45) is 11.1 Å². The van der Waals surface area contributed by atoms with Crippen LogP contribution in [0.25, 0.3) is 0 Å². The van der Waals surface area contributed by atoms with Gasteiger partial charge in [-0.2, -0.15) is 0 Å². The monoisotopic (exact) mass is 255 g/mol. The first-order valence-corrected chi connectivity index (χ1v) is 6.55. The van der Waals surface area contributed by atoms with Gasteiger partial charge in [0.25, 0.3) is 0 Å². The van der Waals surface area contributed by atoms with Crippen molar-refractivity contribution >= 4 is 11.8 Å². The second-order valence-electron chi connectivity index (χ2n) is 6.20. The summed E-state index contributed by atoms with van der Waals surface area (Å²) in [6.07, 6.45) is 1.54. The van der Waals surface area contributed by atoms with Crippen LogP contribution in [-0.4, -0.2) is 41.9 Å². The van der Waals surface area contributed by atoms with Crippen LogP contribution in [0.4, 0.5) is 0 Å². The summed E-state index contributed by atoms with van der Waals surface area (Å²) in [7, 11) is 0. The van der Waals surface area contributed by atoms with Crippen LogP contribution in [-0.2, 0) is 9.59 Å². The fourth-order valence-electron chi connectivity index (χ4n) is 2.00. The highest BCUT2D eigenvalue weighted by Crippen LogP contribution is 2.17. The minimum Gasteiger partial charge on any atom is -0.351 e. The highest BCUT2D eigenvalue weighted by atomic mass is 16.2. The third kappa shape index (κ3) is 3.98. The van der Waals surface area contributed by atoms with Crippen molar-refractivity contribution in [1.29, 1.82) is 0 Å². The van der Waals surface area contributed by atoms with Crippen LogP contribution in [0, 0.1) is 5.41 Å². The van der Waals surface area contributed by atoms with Crippen molar-refractivity contribution < 1.29 is 9.59 Å². The van der Waals surface area contributed by atoms with E-state index in [1.807, 2.05) is 27.7 Å². The van der Waals surface area contributed by atoms with Crippen LogP contribution in [0.2, 0.25) is 0 Å². The molecule has 0 aliphatic carbocycles. The van der Waals surface area contributed by atoms with Gasteiger partial charge in [-0.05, 0) is 18.8 Å². The molecule has 1 rings (SSSR count). The first-order chi connectivity index (χ1) is 8.21. The molecule has 0 spiro atoms. The van der Waals surface area contributed by atoms with Gasteiger partial charge in [-0.3, -0.25) is 9.59 Å². The molecule has 1 aliphatic heterocycles. The molecule has 0 aromatic carbocycles. The van der Waals surface area contributed by atoms with Gasteiger partial charge in [-0.25, -0.2) is 0 Å². The van der Waals surface area contributed by atoms with Crippen molar-refractivity contribution in [3.63, 3.8) is 0 Å². The van der Waals surface area contributed by atoms with Gasteiger partial charge in [0.15, 0.2) is 0 Å². The van der Waals surface area contributed by atoms with Gasteiger partial charge < -0.3 is 16.0 Å². The van der Waals surface area contributed by atoms with Crippen LogP contribution in [0.5, 0.6) is 0 Å². The number of nitrogens with one attached hydrogen (secondary N) is 1. The molecule has 0 bridgehead atoms. The normalized spacial score (nSPS) is 19.8. The molecule has 1 fully saturated rings. The highest BCUT2D eigenvalue weighted by molar-refractivity contribution is 5.82. The first kappa shape index (κ1) is 15.0. The number of carbonyl (C=O) groups excluding carboxylic acids is 2. The van der Waals surface area contributed by atoms with Gasteiger partial charge in [0, 0.05) is 25.6 Å². The molecule has 2 amide bonds. The molecule has 1 heterocycles. The fourth-order valence-corrected chi connectivity index (χ4v) is 2.00. The molecule has 2 atom stereocenters. The summed E-state index contributed by atoms with van der Waals surface area (Å²) < 4.78 is 0. The predicted molar refractivity (Wildman–Crippen MR) is 70.8 cm³/mol. The summed E-state index contributed by atoms with van der Waals surface area (Å²) in [6.45, 7) is 9.08. The Morgan fingerprint density at radius 1 is 1.50 bits per heavy atom. The number of likely N-dealkylation sites (tertiary alicyclic amines) is 1. The molecule has 18 heavy (non-hydrogen) atoms. The molecular weight excluding hydrogens is 230 g/mol. The Morgan fingerprint density at radius 2 is 2.11 bits per heavy atom. The van der Waals surface area contributed by atoms with Crippen molar-refractivity contribution in [3.05, 3.63) is 0 Å². The average molecular weight is 255 g/mol. The number of amides is 2. The minimum atomic E-state index is -0.533. The maximum Gasteiger partial charge on any atom is 0.237 e. The third-order valence-electron chi connectivity index (χ3n) is 3.27. The zero-order valence-corrected chi connectivity index (χ0v) is 11.8. The second kappa shape index (κ2) is 5.69. The molecule has 1 unspecified atom stereocenters. The molecule has 104 valence electrons. The van der Waals surface area contributed by atoms with Gasteiger partial charge in [0.2, 0.25) is 11.8 Å². The summed E-state index contributed by atoms with van der Waals surface area (Å²) in [5.41, 5.74) is 5.63. The number of hydrogen-bond donors (Lipinski definition) is 2. The number of nitrogens with two attached hydrogens (primary N) is 1. The van der Waals surface area contributed by atoms with Crippen LogP contribution >= 0.6 is 0 Å². The van der Waals surface area contributed by atoms with Gasteiger partial charge in [0.1, 0.15) is 0 Å². The highest BCUT2D eigenvalue weighted by Gasteiger charge is 2.29. The summed E-state index contributed by atoms with van der Waals surface area (Å²) in [4.78, 5) is 25.2. The molecule has 3 N–H and O–H groups in total. The molecule has 0 aromatic rings. The van der Waals surface area contributed by atoms with Crippen molar-refractivity contribution in [3.8, 4) is 0 Å². The lowest BCUT2D eigenvalue weighted by Crippen LogP contribution is -2.52. The van der Waals surface area contributed by atoms with Crippen LogP contribution in [0.3, 0.4) is 0 Å². The van der Waals surface area contributed by atoms with Crippen molar-refractivity contribution in [2.75, 3.05) is 13.1 Å². The Hall–Kier alpha value is -1.10. The fraction of sp³-hybridized carbons (Fsp3) is 0.846. The van der Waals surface area contributed by atoms with Gasteiger partial charge >= 0.3 is 0 Å².